The maximum atomic E-state index is 5.41. The molecule has 0 radical (unpaired) electrons. The molecule has 0 amide bonds. The fourth-order valence-electron chi connectivity index (χ4n) is 1.77. The third kappa shape index (κ3) is 1.61. The molecule has 1 aromatic carbocycles. The van der Waals surface area contributed by atoms with Crippen LogP contribution in [0.3, 0.4) is 0 Å². The van der Waals surface area contributed by atoms with Crippen molar-refractivity contribution in [3.05, 3.63) is 12.1 Å². The van der Waals surface area contributed by atoms with Crippen molar-refractivity contribution in [2.45, 2.75) is 0 Å². The standard InChI is InChI=1S/C11H13BO3S/c1-13-7-4-6-5-8(12)16-11(6)10(15-3)9(7)14-2/h4-5H,12H2,1-3H3. The molecule has 0 aliphatic rings. The molecule has 0 spiro atoms. The van der Waals surface area contributed by atoms with Crippen molar-refractivity contribution in [2.75, 3.05) is 21.3 Å². The monoisotopic (exact) mass is 236 g/mol. The maximum Gasteiger partial charge on any atom is 0.204 e. The molecule has 0 bridgehead atoms. The SMILES string of the molecule is Bc1cc2cc(OC)c(OC)c(OC)c2s1. The van der Waals surface area contributed by atoms with E-state index in [4.69, 9.17) is 14.2 Å². The van der Waals surface area contributed by atoms with Crippen LogP contribution in [-0.2, 0) is 0 Å². The van der Waals surface area contributed by atoms with Crippen LogP contribution < -0.4 is 19.0 Å². The average molecular weight is 236 g/mol. The lowest BCUT2D eigenvalue weighted by molar-refractivity contribution is 0.327. The maximum absolute atomic E-state index is 5.41. The Hall–Kier alpha value is -1.36. The highest BCUT2D eigenvalue weighted by Crippen LogP contribution is 2.44. The van der Waals surface area contributed by atoms with Crippen LogP contribution in [0.25, 0.3) is 10.1 Å². The molecule has 2 rings (SSSR count). The Labute approximate surface area is 99.3 Å². The fourth-order valence-corrected chi connectivity index (χ4v) is 2.78. The molecule has 0 aliphatic heterocycles. The van der Waals surface area contributed by atoms with E-state index in [1.165, 1.54) is 4.78 Å². The Kier molecular flexibility index (Phi) is 2.96. The molecule has 0 atom stereocenters. The first-order valence-corrected chi connectivity index (χ1v) is 5.72. The Morgan fingerprint density at radius 1 is 1.00 bits per heavy atom. The second-order valence-electron chi connectivity index (χ2n) is 3.42. The molecule has 0 saturated heterocycles. The van der Waals surface area contributed by atoms with E-state index in [0.29, 0.717) is 11.5 Å². The van der Waals surface area contributed by atoms with Crippen molar-refractivity contribution >= 4 is 34.0 Å². The van der Waals surface area contributed by atoms with E-state index in [9.17, 15) is 0 Å². The summed E-state index contributed by atoms with van der Waals surface area (Å²) in [5, 5.41) is 1.12. The third-order valence-electron chi connectivity index (χ3n) is 2.44. The third-order valence-corrected chi connectivity index (χ3v) is 3.50. The highest BCUT2D eigenvalue weighted by atomic mass is 32.1. The Morgan fingerprint density at radius 2 is 1.69 bits per heavy atom. The van der Waals surface area contributed by atoms with Crippen LogP contribution in [0.4, 0.5) is 0 Å². The molecular weight excluding hydrogens is 223 g/mol. The Bertz CT molecular complexity index is 521. The summed E-state index contributed by atoms with van der Waals surface area (Å²) in [6, 6.07) is 4.09. The molecule has 0 unspecified atom stereocenters. The fraction of sp³-hybridized carbons (Fsp3) is 0.273. The van der Waals surface area contributed by atoms with Gasteiger partial charge in [-0.05, 0) is 16.2 Å². The Morgan fingerprint density at radius 3 is 2.25 bits per heavy atom. The van der Waals surface area contributed by atoms with Gasteiger partial charge < -0.3 is 14.2 Å². The molecule has 0 fully saturated rings. The van der Waals surface area contributed by atoms with Crippen LogP contribution in [0.5, 0.6) is 17.2 Å². The van der Waals surface area contributed by atoms with Crippen molar-refractivity contribution < 1.29 is 14.2 Å². The van der Waals surface area contributed by atoms with Crippen molar-refractivity contribution in [2.24, 2.45) is 0 Å². The molecule has 5 heteroatoms. The number of methoxy groups -OCH3 is 3. The zero-order valence-electron chi connectivity index (χ0n) is 9.79. The highest BCUT2D eigenvalue weighted by molar-refractivity contribution is 7.26. The number of fused-ring (bicyclic) bond motifs is 1. The topological polar surface area (TPSA) is 27.7 Å². The number of ether oxygens (including phenoxy) is 3. The van der Waals surface area contributed by atoms with E-state index in [-0.39, 0.29) is 0 Å². The van der Waals surface area contributed by atoms with Crippen molar-refractivity contribution in [1.82, 2.24) is 0 Å². The first kappa shape index (κ1) is 11.1. The van der Waals surface area contributed by atoms with Gasteiger partial charge in [-0.25, -0.2) is 0 Å². The number of hydrogen-bond donors (Lipinski definition) is 0. The predicted molar refractivity (Wildman–Crippen MR) is 69.7 cm³/mol. The van der Waals surface area contributed by atoms with E-state index >= 15 is 0 Å². The lowest BCUT2D eigenvalue weighted by Crippen LogP contribution is -1.94. The minimum atomic E-state index is 0.652. The first-order chi connectivity index (χ1) is 7.71. The quantitative estimate of drug-likeness (QED) is 0.749. The number of benzene rings is 1. The second kappa shape index (κ2) is 4.25. The lowest BCUT2D eigenvalue weighted by Gasteiger charge is -2.12. The number of rotatable bonds is 3. The van der Waals surface area contributed by atoms with E-state index in [1.54, 1.807) is 32.7 Å². The van der Waals surface area contributed by atoms with Crippen molar-refractivity contribution in [3.63, 3.8) is 0 Å². The summed E-state index contributed by atoms with van der Waals surface area (Å²) in [5.41, 5.74) is 0. The van der Waals surface area contributed by atoms with Crippen LogP contribution in [0.2, 0.25) is 0 Å². The van der Waals surface area contributed by atoms with Crippen LogP contribution in [0, 0.1) is 0 Å². The Balaban J connectivity index is 2.81. The highest BCUT2D eigenvalue weighted by Gasteiger charge is 2.17. The van der Waals surface area contributed by atoms with Crippen LogP contribution in [0.15, 0.2) is 12.1 Å². The second-order valence-corrected chi connectivity index (χ2v) is 4.68. The van der Waals surface area contributed by atoms with Gasteiger partial charge in [0.1, 0.15) is 0 Å². The minimum absolute atomic E-state index is 0.652. The molecule has 3 nitrogen and oxygen atoms in total. The van der Waals surface area contributed by atoms with Crippen LogP contribution >= 0.6 is 11.3 Å². The lowest BCUT2D eigenvalue weighted by atomic mass is 10.1. The summed E-state index contributed by atoms with van der Waals surface area (Å²) >= 11 is 1.69. The first-order valence-electron chi connectivity index (χ1n) is 4.90. The summed E-state index contributed by atoms with van der Waals surface area (Å²) in [6.07, 6.45) is 0. The summed E-state index contributed by atoms with van der Waals surface area (Å²) < 4.78 is 18.4. The van der Waals surface area contributed by atoms with Gasteiger partial charge in [-0.3, -0.25) is 0 Å². The van der Waals surface area contributed by atoms with Crippen LogP contribution in [-0.4, -0.2) is 29.2 Å². The van der Waals surface area contributed by atoms with Gasteiger partial charge in [0.15, 0.2) is 19.3 Å². The molecule has 0 saturated carbocycles. The summed E-state index contributed by atoms with van der Waals surface area (Å²) in [5.74, 6) is 2.10. The summed E-state index contributed by atoms with van der Waals surface area (Å²) in [6.45, 7) is 0. The molecule has 2 aromatic rings. The molecule has 0 N–H and O–H groups in total. The van der Waals surface area contributed by atoms with E-state index in [2.05, 4.69) is 13.9 Å². The zero-order chi connectivity index (χ0) is 11.7. The number of hydrogen-bond acceptors (Lipinski definition) is 4. The molecule has 1 aromatic heterocycles. The predicted octanol–water partition coefficient (Wildman–Crippen LogP) is 1.19. The van der Waals surface area contributed by atoms with Crippen molar-refractivity contribution in [3.8, 4) is 17.2 Å². The van der Waals surface area contributed by atoms with Gasteiger partial charge in [0, 0.05) is 0 Å². The molecule has 1 heterocycles. The largest absolute Gasteiger partial charge is 0.493 e. The molecule has 84 valence electrons. The molecule has 16 heavy (non-hydrogen) atoms. The normalized spacial score (nSPS) is 10.4. The minimum Gasteiger partial charge on any atom is -0.493 e. The smallest absolute Gasteiger partial charge is 0.204 e. The van der Waals surface area contributed by atoms with Crippen molar-refractivity contribution in [1.29, 1.82) is 0 Å². The number of thiophene rings is 1. The van der Waals surface area contributed by atoms with Gasteiger partial charge in [-0.2, -0.15) is 0 Å². The van der Waals surface area contributed by atoms with Gasteiger partial charge in [0.25, 0.3) is 0 Å². The van der Waals surface area contributed by atoms with Crippen LogP contribution in [0.1, 0.15) is 0 Å². The van der Waals surface area contributed by atoms with E-state index < -0.39 is 0 Å². The average Bonchev–Trinajstić information content (AvgIpc) is 2.66. The van der Waals surface area contributed by atoms with Gasteiger partial charge in [-0.15, -0.1) is 11.3 Å². The van der Waals surface area contributed by atoms with E-state index in [1.807, 2.05) is 6.07 Å². The van der Waals surface area contributed by atoms with Gasteiger partial charge in [0.2, 0.25) is 5.75 Å². The molecule has 0 aliphatic carbocycles. The summed E-state index contributed by atoms with van der Waals surface area (Å²) in [7, 11) is 6.96. The van der Waals surface area contributed by atoms with Gasteiger partial charge in [0.05, 0.1) is 26.0 Å². The van der Waals surface area contributed by atoms with Gasteiger partial charge in [-0.1, -0.05) is 6.07 Å². The summed E-state index contributed by atoms with van der Waals surface area (Å²) in [4.78, 5) is 0. The van der Waals surface area contributed by atoms with Gasteiger partial charge >= 0.3 is 0 Å². The zero-order valence-corrected chi connectivity index (χ0v) is 10.6. The van der Waals surface area contributed by atoms with E-state index in [0.717, 1.165) is 15.8 Å². The molecular formula is C11H13BO3S.